The topological polar surface area (TPSA) is 35.2 Å². The highest BCUT2D eigenvalue weighted by atomic mass is 19.4. The van der Waals surface area contributed by atoms with Crippen LogP contribution >= 0.6 is 0 Å². The van der Waals surface area contributed by atoms with Crippen molar-refractivity contribution in [2.24, 2.45) is 11.7 Å². The minimum atomic E-state index is -4.18. The van der Waals surface area contributed by atoms with Gasteiger partial charge in [-0.3, -0.25) is 0 Å². The van der Waals surface area contributed by atoms with Crippen LogP contribution < -0.4 is 10.5 Å². The third-order valence-corrected chi connectivity index (χ3v) is 3.21. The highest BCUT2D eigenvalue weighted by Crippen LogP contribution is 2.38. The van der Waals surface area contributed by atoms with Crippen molar-refractivity contribution in [3.8, 4) is 5.75 Å². The molecule has 0 heterocycles. The maximum atomic E-state index is 12.7. The van der Waals surface area contributed by atoms with Crippen molar-refractivity contribution in [1.82, 2.24) is 0 Å². The van der Waals surface area contributed by atoms with Gasteiger partial charge in [0.25, 0.3) is 0 Å². The maximum Gasteiger partial charge on any atom is 0.392 e. The van der Waals surface area contributed by atoms with Crippen molar-refractivity contribution >= 4 is 0 Å². The van der Waals surface area contributed by atoms with Gasteiger partial charge in [-0.1, -0.05) is 18.2 Å². The lowest BCUT2D eigenvalue weighted by molar-refractivity contribution is -0.189. The van der Waals surface area contributed by atoms with Crippen molar-refractivity contribution in [2.75, 3.05) is 0 Å². The Labute approximate surface area is 104 Å². The SMILES string of the molecule is NC1CC(Oc2ccccc2)CC(C(F)(F)F)C1. The first-order chi connectivity index (χ1) is 8.45. The van der Waals surface area contributed by atoms with E-state index in [1.54, 1.807) is 24.3 Å². The van der Waals surface area contributed by atoms with E-state index in [9.17, 15) is 13.2 Å². The fourth-order valence-electron chi connectivity index (χ4n) is 2.36. The molecule has 0 saturated heterocycles. The van der Waals surface area contributed by atoms with E-state index in [1.807, 2.05) is 6.07 Å². The van der Waals surface area contributed by atoms with E-state index in [1.165, 1.54) is 0 Å². The van der Waals surface area contributed by atoms with Crippen LogP contribution in [0.3, 0.4) is 0 Å². The monoisotopic (exact) mass is 259 g/mol. The number of nitrogens with two attached hydrogens (primary N) is 1. The standard InChI is InChI=1S/C13H16F3NO/c14-13(15,16)9-6-10(17)8-12(7-9)18-11-4-2-1-3-5-11/h1-5,9-10,12H,6-8,17H2. The second-order valence-electron chi connectivity index (χ2n) is 4.76. The van der Waals surface area contributed by atoms with E-state index in [2.05, 4.69) is 0 Å². The molecule has 0 radical (unpaired) electrons. The molecule has 0 aromatic heterocycles. The molecular weight excluding hydrogens is 243 g/mol. The van der Waals surface area contributed by atoms with Crippen LogP contribution in [0.2, 0.25) is 0 Å². The van der Waals surface area contributed by atoms with E-state index >= 15 is 0 Å². The number of ether oxygens (including phenoxy) is 1. The molecule has 1 aliphatic rings. The summed E-state index contributed by atoms with van der Waals surface area (Å²) in [4.78, 5) is 0. The lowest BCUT2D eigenvalue weighted by Crippen LogP contribution is -2.43. The fraction of sp³-hybridized carbons (Fsp3) is 0.538. The van der Waals surface area contributed by atoms with Gasteiger partial charge in [-0.05, 0) is 31.4 Å². The summed E-state index contributed by atoms with van der Waals surface area (Å²) in [6.45, 7) is 0. The summed E-state index contributed by atoms with van der Waals surface area (Å²) in [6, 6.07) is 8.45. The molecule has 0 aliphatic heterocycles. The van der Waals surface area contributed by atoms with Crippen molar-refractivity contribution in [1.29, 1.82) is 0 Å². The molecule has 1 aliphatic carbocycles. The summed E-state index contributed by atoms with van der Waals surface area (Å²) < 4.78 is 43.7. The average Bonchev–Trinajstić information content (AvgIpc) is 2.28. The molecule has 1 fully saturated rings. The quantitative estimate of drug-likeness (QED) is 0.885. The summed E-state index contributed by atoms with van der Waals surface area (Å²) >= 11 is 0. The third kappa shape index (κ3) is 3.38. The summed E-state index contributed by atoms with van der Waals surface area (Å²) in [5.41, 5.74) is 5.69. The Kier molecular flexibility index (Phi) is 3.80. The zero-order valence-electron chi connectivity index (χ0n) is 9.86. The summed E-state index contributed by atoms with van der Waals surface area (Å²) in [6.07, 6.45) is -4.18. The van der Waals surface area contributed by atoms with Gasteiger partial charge in [0.2, 0.25) is 0 Å². The largest absolute Gasteiger partial charge is 0.490 e. The van der Waals surface area contributed by atoms with Gasteiger partial charge in [0.05, 0.1) is 5.92 Å². The number of alkyl halides is 3. The number of hydrogen-bond donors (Lipinski definition) is 1. The molecule has 5 heteroatoms. The number of rotatable bonds is 2. The predicted octanol–water partition coefficient (Wildman–Crippen LogP) is 3.12. The van der Waals surface area contributed by atoms with Crippen LogP contribution in [-0.2, 0) is 0 Å². The van der Waals surface area contributed by atoms with Crippen molar-refractivity contribution in [2.45, 2.75) is 37.6 Å². The van der Waals surface area contributed by atoms with E-state index in [4.69, 9.17) is 10.5 Å². The predicted molar refractivity (Wildman–Crippen MR) is 62.2 cm³/mol. The molecule has 3 unspecified atom stereocenters. The molecule has 2 rings (SSSR count). The Hall–Kier alpha value is -1.23. The Morgan fingerprint density at radius 1 is 1.06 bits per heavy atom. The third-order valence-electron chi connectivity index (χ3n) is 3.21. The first-order valence-electron chi connectivity index (χ1n) is 5.99. The van der Waals surface area contributed by atoms with Gasteiger partial charge in [-0.2, -0.15) is 13.2 Å². The molecule has 100 valence electrons. The van der Waals surface area contributed by atoms with Crippen LogP contribution in [0.5, 0.6) is 5.75 Å². The molecular formula is C13H16F3NO. The Morgan fingerprint density at radius 2 is 1.72 bits per heavy atom. The van der Waals surface area contributed by atoms with Crippen molar-refractivity contribution in [3.63, 3.8) is 0 Å². The lowest BCUT2D eigenvalue weighted by atomic mass is 9.83. The smallest absolute Gasteiger partial charge is 0.392 e. The van der Waals surface area contributed by atoms with E-state index in [-0.39, 0.29) is 12.8 Å². The van der Waals surface area contributed by atoms with Crippen LogP contribution in [0, 0.1) is 5.92 Å². The first-order valence-corrected chi connectivity index (χ1v) is 5.99. The molecule has 1 saturated carbocycles. The normalized spacial score (nSPS) is 29.0. The van der Waals surface area contributed by atoms with E-state index in [0.29, 0.717) is 12.2 Å². The van der Waals surface area contributed by atoms with Gasteiger partial charge in [-0.25, -0.2) is 0 Å². The molecule has 0 spiro atoms. The lowest BCUT2D eigenvalue weighted by Gasteiger charge is -2.34. The summed E-state index contributed by atoms with van der Waals surface area (Å²) in [7, 11) is 0. The van der Waals surface area contributed by atoms with Gasteiger partial charge in [0.1, 0.15) is 11.9 Å². The highest BCUT2D eigenvalue weighted by Gasteiger charge is 2.44. The van der Waals surface area contributed by atoms with Gasteiger partial charge >= 0.3 is 6.18 Å². The molecule has 1 aromatic rings. The zero-order chi connectivity index (χ0) is 13.2. The molecule has 2 nitrogen and oxygen atoms in total. The van der Waals surface area contributed by atoms with Gasteiger partial charge in [0, 0.05) is 6.04 Å². The van der Waals surface area contributed by atoms with Crippen LogP contribution in [0.15, 0.2) is 30.3 Å². The fourth-order valence-corrected chi connectivity index (χ4v) is 2.36. The molecule has 2 N–H and O–H groups in total. The molecule has 18 heavy (non-hydrogen) atoms. The Balaban J connectivity index is 2.01. The minimum absolute atomic E-state index is 0.00184. The summed E-state index contributed by atoms with van der Waals surface area (Å²) in [5, 5.41) is 0. The van der Waals surface area contributed by atoms with Gasteiger partial charge < -0.3 is 10.5 Å². The molecule has 3 atom stereocenters. The van der Waals surface area contributed by atoms with Crippen LogP contribution in [0.4, 0.5) is 13.2 Å². The Bertz CT molecular complexity index is 380. The number of para-hydroxylation sites is 1. The second kappa shape index (κ2) is 5.18. The number of hydrogen-bond acceptors (Lipinski definition) is 2. The van der Waals surface area contributed by atoms with Crippen LogP contribution in [0.25, 0.3) is 0 Å². The molecule has 1 aromatic carbocycles. The van der Waals surface area contributed by atoms with Crippen LogP contribution in [0.1, 0.15) is 19.3 Å². The first kappa shape index (κ1) is 13.2. The average molecular weight is 259 g/mol. The number of benzene rings is 1. The van der Waals surface area contributed by atoms with Gasteiger partial charge in [0.15, 0.2) is 0 Å². The van der Waals surface area contributed by atoms with Crippen LogP contribution in [-0.4, -0.2) is 18.3 Å². The van der Waals surface area contributed by atoms with E-state index in [0.717, 1.165) is 0 Å². The second-order valence-corrected chi connectivity index (χ2v) is 4.76. The zero-order valence-corrected chi connectivity index (χ0v) is 9.86. The minimum Gasteiger partial charge on any atom is -0.490 e. The van der Waals surface area contributed by atoms with Gasteiger partial charge in [-0.15, -0.1) is 0 Å². The molecule has 0 amide bonds. The Morgan fingerprint density at radius 3 is 2.33 bits per heavy atom. The highest BCUT2D eigenvalue weighted by molar-refractivity contribution is 5.21. The molecule has 0 bridgehead atoms. The van der Waals surface area contributed by atoms with Crippen molar-refractivity contribution in [3.05, 3.63) is 30.3 Å². The summed E-state index contributed by atoms with van der Waals surface area (Å²) in [5.74, 6) is -0.757. The van der Waals surface area contributed by atoms with E-state index < -0.39 is 24.2 Å². The number of halogens is 3. The van der Waals surface area contributed by atoms with Crippen molar-refractivity contribution < 1.29 is 17.9 Å². The maximum absolute atomic E-state index is 12.7.